The first kappa shape index (κ1) is 21.6. The summed E-state index contributed by atoms with van der Waals surface area (Å²) < 4.78 is 6.14. The van der Waals surface area contributed by atoms with Gasteiger partial charge in [0.05, 0.1) is 23.3 Å². The standard InChI is InChI=1S/C23H25N7O2/c1-15-28-21(30-7-3-2-4-8-30)10-22(29-15)32-20-9-16(11-24)5-6-18(20)23-26-13-17(14-27-23)19(31)12-25/h5-6,9-10,13-14,19,31H,2-4,7-8,12,25H2,1H3/t19-/m1/s1. The van der Waals surface area contributed by atoms with Gasteiger partial charge in [0.25, 0.3) is 0 Å². The van der Waals surface area contributed by atoms with Crippen LogP contribution in [0.15, 0.2) is 36.7 Å². The zero-order valence-corrected chi connectivity index (χ0v) is 17.9. The third-order valence-electron chi connectivity index (χ3n) is 5.33. The summed E-state index contributed by atoms with van der Waals surface area (Å²) in [5.41, 5.74) is 7.08. The molecule has 164 valence electrons. The minimum absolute atomic E-state index is 0.0837. The summed E-state index contributed by atoms with van der Waals surface area (Å²) in [6.45, 7) is 3.83. The molecule has 1 atom stereocenters. The first-order chi connectivity index (χ1) is 15.6. The van der Waals surface area contributed by atoms with Gasteiger partial charge in [-0.1, -0.05) is 0 Å². The second-order valence-electron chi connectivity index (χ2n) is 7.68. The number of nitrogens with two attached hydrogens (primary N) is 1. The maximum absolute atomic E-state index is 9.88. The Labute approximate surface area is 186 Å². The maximum Gasteiger partial charge on any atom is 0.224 e. The molecule has 32 heavy (non-hydrogen) atoms. The van der Waals surface area contributed by atoms with Crippen LogP contribution in [0, 0.1) is 18.3 Å². The summed E-state index contributed by atoms with van der Waals surface area (Å²) in [4.78, 5) is 19.9. The fourth-order valence-electron chi connectivity index (χ4n) is 3.62. The number of nitrogens with zero attached hydrogens (tertiary/aromatic N) is 6. The van der Waals surface area contributed by atoms with Crippen molar-refractivity contribution < 1.29 is 9.84 Å². The third kappa shape index (κ3) is 4.82. The molecule has 0 aliphatic carbocycles. The van der Waals surface area contributed by atoms with Crippen molar-refractivity contribution in [3.05, 3.63) is 53.6 Å². The van der Waals surface area contributed by atoms with E-state index in [0.717, 1.165) is 31.7 Å². The highest BCUT2D eigenvalue weighted by Crippen LogP contribution is 2.33. The zero-order chi connectivity index (χ0) is 22.5. The SMILES string of the molecule is Cc1nc(Oc2cc(C#N)ccc2-c2ncc([C@H](O)CN)cn2)cc(N2CCCCC2)n1. The van der Waals surface area contributed by atoms with E-state index >= 15 is 0 Å². The second-order valence-corrected chi connectivity index (χ2v) is 7.68. The van der Waals surface area contributed by atoms with Crippen LogP contribution in [0.4, 0.5) is 5.82 Å². The third-order valence-corrected chi connectivity index (χ3v) is 5.33. The molecule has 0 spiro atoms. The normalized spacial score (nSPS) is 14.6. The maximum atomic E-state index is 9.88. The predicted molar refractivity (Wildman–Crippen MR) is 119 cm³/mol. The largest absolute Gasteiger partial charge is 0.438 e. The number of aliphatic hydroxyl groups excluding tert-OH is 1. The van der Waals surface area contributed by atoms with Gasteiger partial charge in [0.15, 0.2) is 5.82 Å². The molecule has 0 unspecified atom stereocenters. The molecule has 0 saturated carbocycles. The van der Waals surface area contributed by atoms with E-state index in [-0.39, 0.29) is 6.54 Å². The van der Waals surface area contributed by atoms with Crippen molar-refractivity contribution in [3.8, 4) is 29.1 Å². The molecule has 2 aromatic heterocycles. The van der Waals surface area contributed by atoms with Crippen molar-refractivity contribution in [2.45, 2.75) is 32.3 Å². The Kier molecular flexibility index (Phi) is 6.54. The van der Waals surface area contributed by atoms with Crippen LogP contribution in [0.1, 0.15) is 42.3 Å². The van der Waals surface area contributed by atoms with Crippen molar-refractivity contribution in [2.24, 2.45) is 5.73 Å². The molecule has 0 bridgehead atoms. The average molecular weight is 432 g/mol. The van der Waals surface area contributed by atoms with E-state index in [4.69, 9.17) is 10.5 Å². The molecule has 4 rings (SSSR count). The van der Waals surface area contributed by atoms with Gasteiger partial charge in [0.1, 0.15) is 17.4 Å². The van der Waals surface area contributed by atoms with Crippen LogP contribution >= 0.6 is 0 Å². The Morgan fingerprint density at radius 3 is 2.59 bits per heavy atom. The molecule has 0 amide bonds. The average Bonchev–Trinajstić information content (AvgIpc) is 2.84. The van der Waals surface area contributed by atoms with Gasteiger partial charge in [-0.25, -0.2) is 15.0 Å². The number of aliphatic hydroxyl groups is 1. The van der Waals surface area contributed by atoms with Crippen LogP contribution in [-0.2, 0) is 0 Å². The predicted octanol–water partition coefficient (Wildman–Crippen LogP) is 2.89. The van der Waals surface area contributed by atoms with Gasteiger partial charge in [-0.2, -0.15) is 10.2 Å². The number of hydrogen-bond donors (Lipinski definition) is 2. The molecule has 1 aromatic carbocycles. The lowest BCUT2D eigenvalue weighted by Crippen LogP contribution is -2.30. The quantitative estimate of drug-likeness (QED) is 0.604. The summed E-state index contributed by atoms with van der Waals surface area (Å²) in [7, 11) is 0. The minimum Gasteiger partial charge on any atom is -0.438 e. The lowest BCUT2D eigenvalue weighted by molar-refractivity contribution is 0.186. The summed E-state index contributed by atoms with van der Waals surface area (Å²) in [6, 6.07) is 9.01. The molecule has 1 saturated heterocycles. The van der Waals surface area contributed by atoms with E-state index in [1.165, 1.54) is 18.8 Å². The van der Waals surface area contributed by atoms with Crippen molar-refractivity contribution in [3.63, 3.8) is 0 Å². The first-order valence-electron chi connectivity index (χ1n) is 10.6. The monoisotopic (exact) mass is 431 g/mol. The van der Waals surface area contributed by atoms with Crippen LogP contribution in [0.3, 0.4) is 0 Å². The van der Waals surface area contributed by atoms with Crippen LogP contribution in [-0.4, -0.2) is 44.7 Å². The number of anilines is 1. The summed E-state index contributed by atoms with van der Waals surface area (Å²) in [5.74, 6) is 2.65. The van der Waals surface area contributed by atoms with Crippen molar-refractivity contribution in [1.82, 2.24) is 19.9 Å². The summed E-state index contributed by atoms with van der Waals surface area (Å²) in [5, 5.41) is 19.2. The number of nitriles is 1. The molecule has 0 radical (unpaired) electrons. The zero-order valence-electron chi connectivity index (χ0n) is 17.9. The van der Waals surface area contributed by atoms with E-state index in [1.807, 2.05) is 13.0 Å². The highest BCUT2D eigenvalue weighted by Gasteiger charge is 2.17. The number of ether oxygens (including phenoxy) is 1. The number of rotatable bonds is 6. The Bertz CT molecular complexity index is 1120. The highest BCUT2D eigenvalue weighted by atomic mass is 16.5. The highest BCUT2D eigenvalue weighted by molar-refractivity contribution is 5.66. The molecular formula is C23H25N7O2. The van der Waals surface area contributed by atoms with Crippen molar-refractivity contribution in [2.75, 3.05) is 24.5 Å². The number of aromatic nitrogens is 4. The Hall–Kier alpha value is -3.61. The number of benzene rings is 1. The molecule has 9 nitrogen and oxygen atoms in total. The molecule has 1 fully saturated rings. The van der Waals surface area contributed by atoms with E-state index in [1.54, 1.807) is 18.2 Å². The van der Waals surface area contributed by atoms with Crippen LogP contribution in [0.5, 0.6) is 11.6 Å². The topological polar surface area (TPSA) is 134 Å². The number of piperidine rings is 1. The van der Waals surface area contributed by atoms with E-state index in [9.17, 15) is 10.4 Å². The lowest BCUT2D eigenvalue weighted by atomic mass is 10.1. The molecule has 3 heterocycles. The van der Waals surface area contributed by atoms with Crippen LogP contribution < -0.4 is 15.4 Å². The smallest absolute Gasteiger partial charge is 0.224 e. The second kappa shape index (κ2) is 9.68. The van der Waals surface area contributed by atoms with Crippen LogP contribution in [0.2, 0.25) is 0 Å². The first-order valence-corrected chi connectivity index (χ1v) is 10.6. The minimum atomic E-state index is -0.821. The molecule has 1 aliphatic rings. The van der Waals surface area contributed by atoms with Crippen molar-refractivity contribution in [1.29, 1.82) is 5.26 Å². The number of hydrogen-bond acceptors (Lipinski definition) is 9. The van der Waals surface area contributed by atoms with Crippen molar-refractivity contribution >= 4 is 5.82 Å². The van der Waals surface area contributed by atoms with Gasteiger partial charge in [0, 0.05) is 43.7 Å². The van der Waals surface area contributed by atoms with Gasteiger partial charge in [-0.3, -0.25) is 0 Å². The van der Waals surface area contributed by atoms with Crippen LogP contribution in [0.25, 0.3) is 11.4 Å². The molecule has 3 N–H and O–H groups in total. The fraction of sp³-hybridized carbons (Fsp3) is 0.348. The molecule has 3 aromatic rings. The van der Waals surface area contributed by atoms with Gasteiger partial charge in [-0.05, 0) is 44.4 Å². The van der Waals surface area contributed by atoms with Gasteiger partial charge < -0.3 is 20.5 Å². The number of aryl methyl sites for hydroxylation is 1. The lowest BCUT2D eigenvalue weighted by Gasteiger charge is -2.28. The Morgan fingerprint density at radius 2 is 1.91 bits per heavy atom. The van der Waals surface area contributed by atoms with E-state index < -0.39 is 6.10 Å². The van der Waals surface area contributed by atoms with Gasteiger partial charge >= 0.3 is 0 Å². The van der Waals surface area contributed by atoms with Gasteiger partial charge in [0.2, 0.25) is 5.88 Å². The van der Waals surface area contributed by atoms with E-state index in [0.29, 0.717) is 40.0 Å². The Morgan fingerprint density at radius 1 is 1.16 bits per heavy atom. The Balaban J connectivity index is 1.68. The van der Waals surface area contributed by atoms with E-state index in [2.05, 4.69) is 30.9 Å². The molecular weight excluding hydrogens is 406 g/mol. The summed E-state index contributed by atoms with van der Waals surface area (Å²) >= 11 is 0. The fourth-order valence-corrected chi connectivity index (χ4v) is 3.62. The molecule has 9 heteroatoms. The summed E-state index contributed by atoms with van der Waals surface area (Å²) in [6.07, 6.45) is 5.75. The molecule has 1 aliphatic heterocycles. The van der Waals surface area contributed by atoms with Gasteiger partial charge in [-0.15, -0.1) is 0 Å².